The average molecular weight is 286 g/mol. The van der Waals surface area contributed by atoms with E-state index in [1.54, 1.807) is 0 Å². The Kier molecular flexibility index (Phi) is 4.72. The van der Waals surface area contributed by atoms with E-state index in [0.717, 1.165) is 0 Å². The van der Waals surface area contributed by atoms with Crippen LogP contribution in [0, 0.1) is 11.6 Å². The second-order valence-corrected chi connectivity index (χ2v) is 4.42. The molecule has 0 saturated carbocycles. The highest BCUT2D eigenvalue weighted by Gasteiger charge is 2.04. The fraction of sp³-hybridized carbons (Fsp3) is 0.0588. The molecule has 0 unspecified atom stereocenters. The SMILES string of the molecule is O=CCc1cc(F)ccc1/C=C/C(=O)c1ccc(F)cc1. The van der Waals surface area contributed by atoms with Gasteiger partial charge in [-0.05, 0) is 53.6 Å². The molecule has 106 valence electrons. The topological polar surface area (TPSA) is 34.1 Å². The Morgan fingerprint density at radius 3 is 2.33 bits per heavy atom. The number of hydrogen-bond acceptors (Lipinski definition) is 2. The summed E-state index contributed by atoms with van der Waals surface area (Å²) >= 11 is 0. The van der Waals surface area contributed by atoms with Gasteiger partial charge in [-0.25, -0.2) is 8.78 Å². The monoisotopic (exact) mass is 286 g/mol. The molecule has 21 heavy (non-hydrogen) atoms. The zero-order valence-corrected chi connectivity index (χ0v) is 11.1. The summed E-state index contributed by atoms with van der Waals surface area (Å²) in [4.78, 5) is 22.5. The summed E-state index contributed by atoms with van der Waals surface area (Å²) in [6, 6.07) is 9.21. The number of aldehydes is 1. The lowest BCUT2D eigenvalue weighted by molar-refractivity contribution is -0.107. The Bertz CT molecular complexity index is 688. The minimum absolute atomic E-state index is 0.0716. The second-order valence-electron chi connectivity index (χ2n) is 4.42. The molecule has 2 aromatic carbocycles. The Labute approximate surface area is 120 Å². The predicted octanol–water partition coefficient (Wildman–Crippen LogP) is 3.60. The van der Waals surface area contributed by atoms with E-state index >= 15 is 0 Å². The molecule has 0 amide bonds. The molecule has 0 aliphatic heterocycles. The number of benzene rings is 2. The van der Waals surface area contributed by atoms with Crippen molar-refractivity contribution in [2.45, 2.75) is 6.42 Å². The first kappa shape index (κ1) is 14.8. The van der Waals surface area contributed by atoms with Crippen LogP contribution in [-0.2, 0) is 11.2 Å². The Hall–Kier alpha value is -2.62. The van der Waals surface area contributed by atoms with E-state index in [0.29, 0.717) is 23.0 Å². The van der Waals surface area contributed by atoms with Crippen molar-refractivity contribution in [2.24, 2.45) is 0 Å². The molecule has 0 atom stereocenters. The van der Waals surface area contributed by atoms with Crippen LogP contribution >= 0.6 is 0 Å². The average Bonchev–Trinajstić information content (AvgIpc) is 2.47. The van der Waals surface area contributed by atoms with E-state index in [4.69, 9.17) is 0 Å². The summed E-state index contributed by atoms with van der Waals surface area (Å²) in [5, 5.41) is 0. The maximum absolute atomic E-state index is 13.1. The van der Waals surface area contributed by atoms with E-state index in [2.05, 4.69) is 0 Å². The number of rotatable bonds is 5. The maximum Gasteiger partial charge on any atom is 0.185 e. The van der Waals surface area contributed by atoms with Gasteiger partial charge in [0.05, 0.1) is 0 Å². The van der Waals surface area contributed by atoms with Crippen LogP contribution in [0.5, 0.6) is 0 Å². The van der Waals surface area contributed by atoms with Crippen molar-refractivity contribution >= 4 is 18.1 Å². The van der Waals surface area contributed by atoms with Crippen LogP contribution in [0.15, 0.2) is 48.5 Å². The molecule has 2 aromatic rings. The predicted molar refractivity (Wildman–Crippen MR) is 75.9 cm³/mol. The fourth-order valence-corrected chi connectivity index (χ4v) is 1.88. The first-order valence-corrected chi connectivity index (χ1v) is 6.30. The Morgan fingerprint density at radius 1 is 1.00 bits per heavy atom. The lowest BCUT2D eigenvalue weighted by Crippen LogP contribution is -1.96. The molecular weight excluding hydrogens is 274 g/mol. The fourth-order valence-electron chi connectivity index (χ4n) is 1.88. The zero-order chi connectivity index (χ0) is 15.2. The van der Waals surface area contributed by atoms with Gasteiger partial charge in [-0.2, -0.15) is 0 Å². The molecule has 0 heterocycles. The minimum atomic E-state index is -0.436. The highest BCUT2D eigenvalue weighted by atomic mass is 19.1. The lowest BCUT2D eigenvalue weighted by Gasteiger charge is -2.02. The highest BCUT2D eigenvalue weighted by Crippen LogP contribution is 2.14. The van der Waals surface area contributed by atoms with Crippen molar-refractivity contribution in [3.05, 3.63) is 76.9 Å². The molecular formula is C17H12F2O2. The molecule has 0 aliphatic rings. The number of halogens is 2. The van der Waals surface area contributed by atoms with Gasteiger partial charge in [-0.1, -0.05) is 12.1 Å². The van der Waals surface area contributed by atoms with Crippen molar-refractivity contribution in [3.63, 3.8) is 0 Å². The first-order valence-electron chi connectivity index (χ1n) is 6.30. The molecule has 0 bridgehead atoms. The van der Waals surface area contributed by atoms with Crippen LogP contribution in [-0.4, -0.2) is 12.1 Å². The van der Waals surface area contributed by atoms with Crippen LogP contribution in [0.1, 0.15) is 21.5 Å². The van der Waals surface area contributed by atoms with Crippen molar-refractivity contribution in [1.82, 2.24) is 0 Å². The molecule has 4 heteroatoms. The summed E-state index contributed by atoms with van der Waals surface area (Å²) in [6.07, 6.45) is 3.58. The number of ketones is 1. The molecule has 0 fully saturated rings. The van der Waals surface area contributed by atoms with Crippen LogP contribution in [0.4, 0.5) is 8.78 Å². The Balaban J connectivity index is 2.22. The summed E-state index contributed by atoms with van der Waals surface area (Å²) < 4.78 is 25.9. The molecule has 0 N–H and O–H groups in total. The standard InChI is InChI=1S/C17H12F2O2/c18-15-5-2-13(3-6-15)17(21)8-4-12-1-7-16(19)11-14(12)9-10-20/h1-8,10-11H,9H2/b8-4+. The van der Waals surface area contributed by atoms with Gasteiger partial charge >= 0.3 is 0 Å². The summed E-state index contributed by atoms with van der Waals surface area (Å²) in [6.45, 7) is 0. The van der Waals surface area contributed by atoms with Gasteiger partial charge < -0.3 is 4.79 Å². The van der Waals surface area contributed by atoms with Gasteiger partial charge in [0.1, 0.15) is 17.9 Å². The number of carbonyl (C=O) groups is 2. The van der Waals surface area contributed by atoms with Crippen molar-refractivity contribution in [3.8, 4) is 0 Å². The van der Waals surface area contributed by atoms with Crippen molar-refractivity contribution < 1.29 is 18.4 Å². The van der Waals surface area contributed by atoms with Gasteiger partial charge in [0.2, 0.25) is 0 Å². The minimum Gasteiger partial charge on any atom is -0.303 e. The normalized spacial score (nSPS) is 10.8. The molecule has 2 rings (SSSR count). The molecule has 0 spiro atoms. The zero-order valence-electron chi connectivity index (χ0n) is 11.1. The van der Waals surface area contributed by atoms with E-state index in [9.17, 15) is 18.4 Å². The number of hydrogen-bond donors (Lipinski definition) is 0. The van der Waals surface area contributed by atoms with E-state index in [1.165, 1.54) is 54.6 Å². The van der Waals surface area contributed by atoms with Gasteiger partial charge in [0.15, 0.2) is 5.78 Å². The summed E-state index contributed by atoms with van der Waals surface area (Å²) in [7, 11) is 0. The third-order valence-corrected chi connectivity index (χ3v) is 2.95. The lowest BCUT2D eigenvalue weighted by atomic mass is 10.0. The first-order chi connectivity index (χ1) is 10.1. The second kappa shape index (κ2) is 6.70. The van der Waals surface area contributed by atoms with Crippen LogP contribution < -0.4 is 0 Å². The van der Waals surface area contributed by atoms with Gasteiger partial charge in [-0.3, -0.25) is 4.79 Å². The third kappa shape index (κ3) is 3.92. The van der Waals surface area contributed by atoms with Gasteiger partial charge in [0, 0.05) is 12.0 Å². The molecule has 0 saturated heterocycles. The molecule has 2 nitrogen and oxygen atoms in total. The smallest absolute Gasteiger partial charge is 0.185 e. The summed E-state index contributed by atoms with van der Waals surface area (Å²) in [5.74, 6) is -1.15. The van der Waals surface area contributed by atoms with Crippen LogP contribution in [0.3, 0.4) is 0 Å². The maximum atomic E-state index is 13.1. The van der Waals surface area contributed by atoms with E-state index in [1.807, 2.05) is 0 Å². The van der Waals surface area contributed by atoms with Gasteiger partial charge in [0.25, 0.3) is 0 Å². The van der Waals surface area contributed by atoms with Gasteiger partial charge in [-0.15, -0.1) is 0 Å². The third-order valence-electron chi connectivity index (χ3n) is 2.95. The summed E-state index contributed by atoms with van der Waals surface area (Å²) in [5.41, 5.74) is 1.46. The van der Waals surface area contributed by atoms with Crippen molar-refractivity contribution in [1.29, 1.82) is 0 Å². The molecule has 0 aromatic heterocycles. The molecule has 0 aliphatic carbocycles. The molecule has 0 radical (unpaired) electrons. The van der Waals surface area contributed by atoms with Crippen molar-refractivity contribution in [2.75, 3.05) is 0 Å². The highest BCUT2D eigenvalue weighted by molar-refractivity contribution is 6.06. The largest absolute Gasteiger partial charge is 0.303 e. The number of allylic oxidation sites excluding steroid dienone is 1. The van der Waals surface area contributed by atoms with E-state index < -0.39 is 11.6 Å². The van der Waals surface area contributed by atoms with E-state index in [-0.39, 0.29) is 12.2 Å². The Morgan fingerprint density at radius 2 is 1.67 bits per heavy atom. The van der Waals surface area contributed by atoms with Crippen LogP contribution in [0.2, 0.25) is 0 Å². The number of carbonyl (C=O) groups excluding carboxylic acids is 2. The van der Waals surface area contributed by atoms with Crippen LogP contribution in [0.25, 0.3) is 6.08 Å². The quantitative estimate of drug-likeness (QED) is 0.478.